The summed E-state index contributed by atoms with van der Waals surface area (Å²) in [6.07, 6.45) is 2.39. The number of amides is 2. The zero-order chi connectivity index (χ0) is 18.8. The molecular formula is C18H23N3O3S2. The first-order chi connectivity index (χ1) is 12.6. The molecule has 0 unspecified atom stereocenters. The summed E-state index contributed by atoms with van der Waals surface area (Å²) in [4.78, 5) is 28.0. The van der Waals surface area contributed by atoms with E-state index in [2.05, 4.69) is 22.5 Å². The van der Waals surface area contributed by atoms with Gasteiger partial charge in [-0.15, -0.1) is 23.1 Å². The third-order valence-corrected chi connectivity index (χ3v) is 5.19. The van der Waals surface area contributed by atoms with Crippen LogP contribution in [0.3, 0.4) is 0 Å². The maximum Gasteiger partial charge on any atom is 0.234 e. The van der Waals surface area contributed by atoms with Gasteiger partial charge in [0.05, 0.1) is 18.6 Å². The second-order valence-electron chi connectivity index (χ2n) is 5.57. The molecule has 26 heavy (non-hydrogen) atoms. The molecule has 2 aromatic rings. The van der Waals surface area contributed by atoms with Crippen LogP contribution in [-0.2, 0) is 15.3 Å². The highest BCUT2D eigenvalue weighted by Crippen LogP contribution is 2.20. The van der Waals surface area contributed by atoms with Crippen LogP contribution in [0.4, 0.5) is 10.8 Å². The molecule has 0 fully saturated rings. The zero-order valence-corrected chi connectivity index (χ0v) is 16.5. The van der Waals surface area contributed by atoms with Gasteiger partial charge in [0.1, 0.15) is 5.75 Å². The van der Waals surface area contributed by atoms with Gasteiger partial charge in [0.15, 0.2) is 5.13 Å². The Kier molecular flexibility index (Phi) is 8.43. The fraction of sp³-hybridized carbons (Fsp3) is 0.389. The molecule has 0 aliphatic rings. The second kappa shape index (κ2) is 10.8. The number of rotatable bonds is 10. The van der Waals surface area contributed by atoms with Crippen molar-refractivity contribution in [2.45, 2.75) is 31.9 Å². The first-order valence-electron chi connectivity index (χ1n) is 8.36. The van der Waals surface area contributed by atoms with Crippen LogP contribution in [-0.4, -0.2) is 29.7 Å². The molecule has 0 aliphatic heterocycles. The van der Waals surface area contributed by atoms with Crippen molar-refractivity contribution in [3.63, 3.8) is 0 Å². The fourth-order valence-electron chi connectivity index (χ4n) is 2.07. The van der Waals surface area contributed by atoms with Crippen molar-refractivity contribution in [3.8, 4) is 5.75 Å². The SMILES string of the molecule is CCCCC(=O)Nc1nc(CSCC(=O)Nc2ccc(OC)cc2)cs1. The highest BCUT2D eigenvalue weighted by molar-refractivity contribution is 7.99. The third-order valence-electron chi connectivity index (χ3n) is 3.41. The molecule has 0 saturated carbocycles. The Balaban J connectivity index is 1.70. The molecule has 0 atom stereocenters. The van der Waals surface area contributed by atoms with E-state index < -0.39 is 0 Å². The van der Waals surface area contributed by atoms with Crippen molar-refractivity contribution in [1.29, 1.82) is 0 Å². The van der Waals surface area contributed by atoms with Crippen molar-refractivity contribution >= 4 is 45.7 Å². The Morgan fingerprint density at radius 2 is 1.96 bits per heavy atom. The lowest BCUT2D eigenvalue weighted by Gasteiger charge is -2.05. The van der Waals surface area contributed by atoms with Gasteiger partial charge in [-0.2, -0.15) is 0 Å². The van der Waals surface area contributed by atoms with Crippen LogP contribution >= 0.6 is 23.1 Å². The molecule has 0 bridgehead atoms. The average molecular weight is 394 g/mol. The van der Waals surface area contributed by atoms with E-state index in [9.17, 15) is 9.59 Å². The van der Waals surface area contributed by atoms with Gasteiger partial charge in [-0.05, 0) is 30.7 Å². The van der Waals surface area contributed by atoms with Crippen LogP contribution in [0.2, 0.25) is 0 Å². The summed E-state index contributed by atoms with van der Waals surface area (Å²) >= 11 is 2.89. The van der Waals surface area contributed by atoms with E-state index in [-0.39, 0.29) is 11.8 Å². The summed E-state index contributed by atoms with van der Waals surface area (Å²) in [6, 6.07) is 7.20. The Hall–Kier alpha value is -2.06. The van der Waals surface area contributed by atoms with Crippen molar-refractivity contribution < 1.29 is 14.3 Å². The first kappa shape index (κ1) is 20.3. The Bertz CT molecular complexity index is 717. The van der Waals surface area contributed by atoms with E-state index in [0.717, 1.165) is 30.0 Å². The number of hydrogen-bond donors (Lipinski definition) is 2. The normalized spacial score (nSPS) is 10.4. The fourth-order valence-corrected chi connectivity index (χ4v) is 3.62. The van der Waals surface area contributed by atoms with E-state index >= 15 is 0 Å². The van der Waals surface area contributed by atoms with E-state index in [0.29, 0.717) is 23.1 Å². The van der Waals surface area contributed by atoms with Crippen molar-refractivity contribution in [3.05, 3.63) is 35.3 Å². The molecule has 0 saturated heterocycles. The Morgan fingerprint density at radius 1 is 1.19 bits per heavy atom. The monoisotopic (exact) mass is 393 g/mol. The highest BCUT2D eigenvalue weighted by atomic mass is 32.2. The van der Waals surface area contributed by atoms with Crippen LogP contribution in [0.25, 0.3) is 0 Å². The van der Waals surface area contributed by atoms with Crippen LogP contribution in [0, 0.1) is 0 Å². The van der Waals surface area contributed by atoms with Gasteiger partial charge in [-0.1, -0.05) is 13.3 Å². The van der Waals surface area contributed by atoms with Crippen LogP contribution < -0.4 is 15.4 Å². The molecule has 2 rings (SSSR count). The number of anilines is 2. The summed E-state index contributed by atoms with van der Waals surface area (Å²) in [5.74, 6) is 1.64. The van der Waals surface area contributed by atoms with Crippen molar-refractivity contribution in [2.75, 3.05) is 23.5 Å². The molecular weight excluding hydrogens is 370 g/mol. The van der Waals surface area contributed by atoms with E-state index in [1.54, 1.807) is 31.4 Å². The van der Waals surface area contributed by atoms with Crippen LogP contribution in [0.1, 0.15) is 31.9 Å². The quantitative estimate of drug-likeness (QED) is 0.634. The summed E-state index contributed by atoms with van der Waals surface area (Å²) in [7, 11) is 1.60. The first-order valence-corrected chi connectivity index (χ1v) is 10.4. The lowest BCUT2D eigenvalue weighted by atomic mass is 10.2. The molecule has 1 heterocycles. The molecule has 8 heteroatoms. The van der Waals surface area contributed by atoms with Gasteiger partial charge in [0, 0.05) is 23.2 Å². The summed E-state index contributed by atoms with van der Waals surface area (Å²) in [5, 5.41) is 8.17. The molecule has 0 spiro atoms. The standard InChI is InChI=1S/C18H23N3O3S2/c1-3-4-5-16(22)21-18-20-14(11-26-18)10-25-12-17(23)19-13-6-8-15(24-2)9-7-13/h6-9,11H,3-5,10,12H2,1-2H3,(H,19,23)(H,20,21,22). The van der Waals surface area contributed by atoms with Crippen LogP contribution in [0.5, 0.6) is 5.75 Å². The number of thioether (sulfide) groups is 1. The summed E-state index contributed by atoms with van der Waals surface area (Å²) in [5.41, 5.74) is 1.60. The number of methoxy groups -OCH3 is 1. The topological polar surface area (TPSA) is 80.3 Å². The number of carbonyl (C=O) groups is 2. The molecule has 0 aliphatic carbocycles. The number of nitrogens with zero attached hydrogens (tertiary/aromatic N) is 1. The molecule has 1 aromatic heterocycles. The highest BCUT2D eigenvalue weighted by Gasteiger charge is 2.08. The minimum atomic E-state index is -0.0662. The van der Waals surface area contributed by atoms with Crippen LogP contribution in [0.15, 0.2) is 29.6 Å². The van der Waals surface area contributed by atoms with Gasteiger partial charge >= 0.3 is 0 Å². The van der Waals surface area contributed by atoms with Gasteiger partial charge in [0.25, 0.3) is 0 Å². The number of hydrogen-bond acceptors (Lipinski definition) is 6. The molecule has 140 valence electrons. The average Bonchev–Trinajstić information content (AvgIpc) is 3.07. The number of ether oxygens (including phenoxy) is 1. The Labute approximate surface area is 161 Å². The minimum Gasteiger partial charge on any atom is -0.497 e. The molecule has 2 N–H and O–H groups in total. The Morgan fingerprint density at radius 3 is 2.65 bits per heavy atom. The maximum absolute atomic E-state index is 12.0. The van der Waals surface area contributed by atoms with Crippen molar-refractivity contribution in [1.82, 2.24) is 4.98 Å². The number of carbonyl (C=O) groups excluding carboxylic acids is 2. The minimum absolute atomic E-state index is 0.000674. The van der Waals surface area contributed by atoms with E-state index in [1.165, 1.54) is 23.1 Å². The number of aromatic nitrogens is 1. The largest absolute Gasteiger partial charge is 0.497 e. The lowest BCUT2D eigenvalue weighted by Crippen LogP contribution is -2.14. The van der Waals surface area contributed by atoms with Gasteiger partial charge in [-0.25, -0.2) is 4.98 Å². The lowest BCUT2D eigenvalue weighted by molar-refractivity contribution is -0.116. The number of benzene rings is 1. The van der Waals surface area contributed by atoms with Crippen molar-refractivity contribution in [2.24, 2.45) is 0 Å². The molecule has 0 radical (unpaired) electrons. The predicted molar refractivity (Wildman–Crippen MR) is 108 cm³/mol. The number of thiazole rings is 1. The van der Waals surface area contributed by atoms with E-state index in [1.807, 2.05) is 5.38 Å². The van der Waals surface area contributed by atoms with Gasteiger partial charge < -0.3 is 15.4 Å². The zero-order valence-electron chi connectivity index (χ0n) is 14.9. The van der Waals surface area contributed by atoms with Gasteiger partial charge in [-0.3, -0.25) is 9.59 Å². The smallest absolute Gasteiger partial charge is 0.234 e. The number of unbranched alkanes of at least 4 members (excludes halogenated alkanes) is 1. The van der Waals surface area contributed by atoms with Gasteiger partial charge in [0.2, 0.25) is 11.8 Å². The molecule has 6 nitrogen and oxygen atoms in total. The third kappa shape index (κ3) is 7.05. The second-order valence-corrected chi connectivity index (χ2v) is 7.41. The molecule has 1 aromatic carbocycles. The van der Waals surface area contributed by atoms with E-state index in [4.69, 9.17) is 4.74 Å². The maximum atomic E-state index is 12.0. The number of nitrogens with one attached hydrogen (secondary N) is 2. The summed E-state index contributed by atoms with van der Waals surface area (Å²) < 4.78 is 5.08. The summed E-state index contributed by atoms with van der Waals surface area (Å²) in [6.45, 7) is 2.05. The molecule has 2 amide bonds. The predicted octanol–water partition coefficient (Wildman–Crippen LogP) is 4.15.